The van der Waals surface area contributed by atoms with Gasteiger partial charge in [0.25, 0.3) is 5.91 Å². The highest BCUT2D eigenvalue weighted by Crippen LogP contribution is 2.31. The summed E-state index contributed by atoms with van der Waals surface area (Å²) in [6, 6.07) is 9.68. The van der Waals surface area contributed by atoms with Gasteiger partial charge < -0.3 is 14.8 Å². The van der Waals surface area contributed by atoms with Crippen LogP contribution in [0.15, 0.2) is 36.4 Å². The van der Waals surface area contributed by atoms with Crippen LogP contribution in [-0.4, -0.2) is 25.9 Å². The fraction of sp³-hybridized carbons (Fsp3) is 0.125. The van der Waals surface area contributed by atoms with Crippen LogP contribution in [0.5, 0.6) is 11.5 Å². The molecule has 0 aliphatic heterocycles. The Hall–Kier alpha value is -2.24. The zero-order valence-corrected chi connectivity index (χ0v) is 13.6. The van der Waals surface area contributed by atoms with E-state index in [-0.39, 0.29) is 22.9 Å². The lowest BCUT2D eigenvalue weighted by Crippen LogP contribution is -2.20. The number of anilines is 1. The largest absolute Gasteiger partial charge is 0.497 e. The molecule has 0 aromatic heterocycles. The Kier molecular flexibility index (Phi) is 5.84. The molecular weight excluding hydrogens is 341 g/mol. The number of carbonyl (C=O) groups is 2. The van der Waals surface area contributed by atoms with Crippen LogP contribution in [0.1, 0.15) is 10.4 Å². The lowest BCUT2D eigenvalue weighted by atomic mass is 10.2. The van der Waals surface area contributed by atoms with Crippen molar-refractivity contribution in [2.75, 3.05) is 19.0 Å². The summed E-state index contributed by atoms with van der Waals surface area (Å²) in [6.07, 6.45) is 0.564. The van der Waals surface area contributed by atoms with Crippen molar-refractivity contribution in [3.05, 3.63) is 52.0 Å². The van der Waals surface area contributed by atoms with Gasteiger partial charge in [0, 0.05) is 10.7 Å². The minimum absolute atomic E-state index is 0.121. The van der Waals surface area contributed by atoms with Gasteiger partial charge in [0.05, 0.1) is 17.7 Å². The van der Waals surface area contributed by atoms with Crippen LogP contribution < -0.4 is 14.8 Å². The summed E-state index contributed by atoms with van der Waals surface area (Å²) in [6.45, 7) is -0.297. The monoisotopic (exact) mass is 353 g/mol. The van der Waals surface area contributed by atoms with Crippen molar-refractivity contribution in [3.63, 3.8) is 0 Å². The van der Waals surface area contributed by atoms with Crippen molar-refractivity contribution < 1.29 is 19.1 Å². The summed E-state index contributed by atoms with van der Waals surface area (Å²) in [4.78, 5) is 22.9. The molecular formula is C16H13Cl2NO4. The molecule has 120 valence electrons. The van der Waals surface area contributed by atoms with Gasteiger partial charge in [0.1, 0.15) is 11.5 Å². The highest BCUT2D eigenvalue weighted by atomic mass is 35.5. The van der Waals surface area contributed by atoms with Gasteiger partial charge >= 0.3 is 0 Å². The number of carbonyl (C=O) groups excluding carboxylic acids is 2. The minimum atomic E-state index is -0.391. The lowest BCUT2D eigenvalue weighted by Gasteiger charge is -2.11. The standard InChI is InChI=1S/C16H13Cl2NO4/c1-22-13-4-2-12(3-5-13)19-15(21)9-23-16-10(8-20)6-11(17)7-14(16)18/h2-8H,9H2,1H3,(H,19,21). The van der Waals surface area contributed by atoms with Gasteiger partial charge in [0.2, 0.25) is 0 Å². The third kappa shape index (κ3) is 4.61. The molecule has 2 rings (SSSR count). The second-order valence-corrected chi connectivity index (χ2v) is 5.33. The molecule has 0 fully saturated rings. The molecule has 0 saturated heterocycles. The van der Waals surface area contributed by atoms with Gasteiger partial charge in [0.15, 0.2) is 12.9 Å². The molecule has 1 amide bonds. The van der Waals surface area contributed by atoms with Crippen molar-refractivity contribution >= 4 is 41.1 Å². The summed E-state index contributed by atoms with van der Waals surface area (Å²) < 4.78 is 10.4. The maximum Gasteiger partial charge on any atom is 0.262 e. The summed E-state index contributed by atoms with van der Waals surface area (Å²) in [5.41, 5.74) is 0.775. The van der Waals surface area contributed by atoms with E-state index in [0.29, 0.717) is 22.7 Å². The van der Waals surface area contributed by atoms with E-state index >= 15 is 0 Å². The van der Waals surface area contributed by atoms with Gasteiger partial charge in [-0.3, -0.25) is 9.59 Å². The minimum Gasteiger partial charge on any atom is -0.497 e. The highest BCUT2D eigenvalue weighted by Gasteiger charge is 2.12. The van der Waals surface area contributed by atoms with Crippen molar-refractivity contribution in [1.29, 1.82) is 0 Å². The van der Waals surface area contributed by atoms with Crippen LogP contribution >= 0.6 is 23.2 Å². The highest BCUT2D eigenvalue weighted by molar-refractivity contribution is 6.36. The van der Waals surface area contributed by atoms with Gasteiger partial charge in [-0.1, -0.05) is 23.2 Å². The molecule has 0 radical (unpaired) electrons. The van der Waals surface area contributed by atoms with Crippen LogP contribution in [0.4, 0.5) is 5.69 Å². The number of aldehydes is 1. The molecule has 5 nitrogen and oxygen atoms in total. The number of rotatable bonds is 6. The average molecular weight is 354 g/mol. The van der Waals surface area contributed by atoms with Crippen molar-refractivity contribution in [2.45, 2.75) is 0 Å². The fourth-order valence-electron chi connectivity index (χ4n) is 1.83. The van der Waals surface area contributed by atoms with Gasteiger partial charge in [-0.25, -0.2) is 0 Å². The second kappa shape index (κ2) is 7.85. The van der Waals surface area contributed by atoms with Crippen LogP contribution in [0.2, 0.25) is 10.0 Å². The normalized spacial score (nSPS) is 10.0. The van der Waals surface area contributed by atoms with E-state index in [4.69, 9.17) is 32.7 Å². The van der Waals surface area contributed by atoms with Crippen LogP contribution in [0.3, 0.4) is 0 Å². The average Bonchev–Trinajstić information content (AvgIpc) is 2.54. The first-order valence-electron chi connectivity index (χ1n) is 6.54. The van der Waals surface area contributed by atoms with E-state index in [2.05, 4.69) is 5.32 Å². The van der Waals surface area contributed by atoms with Crippen molar-refractivity contribution in [2.24, 2.45) is 0 Å². The maximum atomic E-state index is 11.9. The molecule has 2 aromatic carbocycles. The van der Waals surface area contributed by atoms with E-state index in [9.17, 15) is 9.59 Å². The topological polar surface area (TPSA) is 64.6 Å². The number of halogens is 2. The predicted molar refractivity (Wildman–Crippen MR) is 89.0 cm³/mol. The zero-order chi connectivity index (χ0) is 16.8. The molecule has 2 aromatic rings. The molecule has 23 heavy (non-hydrogen) atoms. The summed E-state index contributed by atoms with van der Waals surface area (Å²) in [7, 11) is 1.56. The number of hydrogen-bond donors (Lipinski definition) is 1. The summed E-state index contributed by atoms with van der Waals surface area (Å²) in [5, 5.41) is 3.13. The Morgan fingerprint density at radius 1 is 1.22 bits per heavy atom. The molecule has 0 saturated carbocycles. The molecule has 0 spiro atoms. The zero-order valence-electron chi connectivity index (χ0n) is 12.1. The molecule has 0 aliphatic rings. The predicted octanol–water partition coefficient (Wildman–Crippen LogP) is 3.83. The Balaban J connectivity index is 2.00. The van der Waals surface area contributed by atoms with Crippen molar-refractivity contribution in [1.82, 2.24) is 0 Å². The molecule has 7 heteroatoms. The molecule has 0 atom stereocenters. The molecule has 0 aliphatic carbocycles. The third-order valence-corrected chi connectivity index (χ3v) is 3.38. The first-order valence-corrected chi connectivity index (χ1v) is 7.30. The van der Waals surface area contributed by atoms with E-state index in [0.717, 1.165) is 0 Å². The molecule has 1 N–H and O–H groups in total. The lowest BCUT2D eigenvalue weighted by molar-refractivity contribution is -0.118. The third-order valence-electron chi connectivity index (χ3n) is 2.89. The number of benzene rings is 2. The first kappa shape index (κ1) is 17.1. The summed E-state index contributed by atoms with van der Waals surface area (Å²) >= 11 is 11.8. The van der Waals surface area contributed by atoms with Crippen LogP contribution in [-0.2, 0) is 4.79 Å². The smallest absolute Gasteiger partial charge is 0.262 e. The number of nitrogens with one attached hydrogen (secondary N) is 1. The Morgan fingerprint density at radius 3 is 2.52 bits per heavy atom. The maximum absolute atomic E-state index is 11.9. The Morgan fingerprint density at radius 2 is 1.91 bits per heavy atom. The number of ether oxygens (including phenoxy) is 2. The number of amides is 1. The molecule has 0 heterocycles. The van der Waals surface area contributed by atoms with Gasteiger partial charge in [-0.05, 0) is 36.4 Å². The quantitative estimate of drug-likeness (QED) is 0.801. The van der Waals surface area contributed by atoms with E-state index < -0.39 is 5.91 Å². The number of hydrogen-bond acceptors (Lipinski definition) is 4. The van der Waals surface area contributed by atoms with Crippen LogP contribution in [0.25, 0.3) is 0 Å². The van der Waals surface area contributed by atoms with E-state index in [1.165, 1.54) is 12.1 Å². The van der Waals surface area contributed by atoms with Crippen molar-refractivity contribution in [3.8, 4) is 11.5 Å². The summed E-state index contributed by atoms with van der Waals surface area (Å²) in [5.74, 6) is 0.414. The Labute approximate surface area is 143 Å². The van der Waals surface area contributed by atoms with Gasteiger partial charge in [-0.2, -0.15) is 0 Å². The SMILES string of the molecule is COc1ccc(NC(=O)COc2c(Cl)cc(Cl)cc2C=O)cc1. The van der Waals surface area contributed by atoms with Gasteiger partial charge in [-0.15, -0.1) is 0 Å². The second-order valence-electron chi connectivity index (χ2n) is 4.49. The number of methoxy groups -OCH3 is 1. The fourth-order valence-corrected chi connectivity index (χ4v) is 2.39. The van der Waals surface area contributed by atoms with E-state index in [1.54, 1.807) is 31.4 Å². The van der Waals surface area contributed by atoms with Crippen LogP contribution in [0, 0.1) is 0 Å². The molecule has 0 bridgehead atoms. The Bertz CT molecular complexity index is 717. The molecule has 0 unspecified atom stereocenters. The van der Waals surface area contributed by atoms with E-state index in [1.807, 2.05) is 0 Å². The first-order chi connectivity index (χ1) is 11.0.